The number of benzene rings is 3. The Labute approximate surface area is 224 Å². The molecule has 0 unspecified atom stereocenters. The molecule has 0 saturated carbocycles. The SMILES string of the molecule is CC(C)(C)c1ccc(CC(=O)Nc2cccc3cc(C(=O)Nc4ccc(C#N)cc4-c4nnn[nH]4)[nH]c23)cc1. The van der Waals surface area contributed by atoms with Gasteiger partial charge >= 0.3 is 0 Å². The summed E-state index contributed by atoms with van der Waals surface area (Å²) in [5.74, 6) is -0.243. The van der Waals surface area contributed by atoms with Gasteiger partial charge < -0.3 is 15.6 Å². The van der Waals surface area contributed by atoms with Crippen molar-refractivity contribution in [1.29, 1.82) is 5.26 Å². The van der Waals surface area contributed by atoms with Crippen LogP contribution >= 0.6 is 0 Å². The fourth-order valence-electron chi connectivity index (χ4n) is 4.27. The molecule has 2 amide bonds. The fourth-order valence-corrected chi connectivity index (χ4v) is 4.27. The number of nitrogens with one attached hydrogen (secondary N) is 4. The normalized spacial score (nSPS) is 11.2. The molecule has 5 aromatic rings. The van der Waals surface area contributed by atoms with E-state index >= 15 is 0 Å². The van der Waals surface area contributed by atoms with E-state index in [1.807, 2.05) is 24.3 Å². The van der Waals surface area contributed by atoms with Crippen molar-refractivity contribution in [3.63, 3.8) is 0 Å². The summed E-state index contributed by atoms with van der Waals surface area (Å²) < 4.78 is 0. The number of nitriles is 1. The molecule has 2 aromatic heterocycles. The highest BCUT2D eigenvalue weighted by atomic mass is 16.2. The lowest BCUT2D eigenvalue weighted by atomic mass is 9.86. The Kier molecular flexibility index (Phi) is 6.64. The lowest BCUT2D eigenvalue weighted by molar-refractivity contribution is -0.115. The summed E-state index contributed by atoms with van der Waals surface area (Å²) in [5.41, 5.74) is 5.00. The average molecular weight is 519 g/mol. The van der Waals surface area contributed by atoms with Gasteiger partial charge in [-0.3, -0.25) is 9.59 Å². The third-order valence-corrected chi connectivity index (χ3v) is 6.36. The van der Waals surface area contributed by atoms with Gasteiger partial charge in [0.15, 0.2) is 5.82 Å². The molecule has 3 aromatic carbocycles. The predicted molar refractivity (Wildman–Crippen MR) is 148 cm³/mol. The standard InChI is InChI=1S/C29H26N8O2/c1-29(2,3)20-10-7-17(8-11-20)14-25(38)31-23-6-4-5-19-15-24(32-26(19)23)28(39)33-22-12-9-18(16-30)13-21(22)27-34-36-37-35-27/h4-13,15,32H,14H2,1-3H3,(H,31,38)(H,33,39)(H,34,35,36,37). The van der Waals surface area contributed by atoms with E-state index in [9.17, 15) is 14.9 Å². The number of anilines is 2. The molecule has 0 spiro atoms. The van der Waals surface area contributed by atoms with Crippen molar-refractivity contribution in [3.05, 3.63) is 89.1 Å². The van der Waals surface area contributed by atoms with Gasteiger partial charge in [0.05, 0.1) is 34.9 Å². The first kappa shape index (κ1) is 25.4. The zero-order chi connectivity index (χ0) is 27.6. The first-order chi connectivity index (χ1) is 18.7. The molecule has 2 heterocycles. The van der Waals surface area contributed by atoms with Crippen LogP contribution in [-0.2, 0) is 16.6 Å². The molecule has 0 fully saturated rings. The van der Waals surface area contributed by atoms with Crippen LogP contribution in [0.5, 0.6) is 0 Å². The maximum atomic E-state index is 13.2. The fraction of sp³-hybridized carbons (Fsp3) is 0.172. The van der Waals surface area contributed by atoms with Gasteiger partial charge in [-0.15, -0.1) is 5.10 Å². The van der Waals surface area contributed by atoms with E-state index in [1.54, 1.807) is 30.3 Å². The molecule has 10 heteroatoms. The largest absolute Gasteiger partial charge is 0.349 e. The maximum absolute atomic E-state index is 13.2. The molecule has 0 aliphatic carbocycles. The summed E-state index contributed by atoms with van der Waals surface area (Å²) in [6, 6.07) is 22.1. The minimum atomic E-state index is -0.402. The molecule has 4 N–H and O–H groups in total. The van der Waals surface area contributed by atoms with Gasteiger partial charge in [-0.2, -0.15) is 5.26 Å². The highest BCUT2D eigenvalue weighted by molar-refractivity contribution is 6.09. The van der Waals surface area contributed by atoms with Gasteiger partial charge in [0.2, 0.25) is 5.91 Å². The van der Waals surface area contributed by atoms with E-state index in [4.69, 9.17) is 0 Å². The number of H-pyrrole nitrogens is 2. The number of hydrogen-bond acceptors (Lipinski definition) is 6. The molecule has 194 valence electrons. The van der Waals surface area contributed by atoms with Gasteiger partial charge in [-0.1, -0.05) is 57.2 Å². The van der Waals surface area contributed by atoms with Crippen LogP contribution in [0.15, 0.2) is 66.7 Å². The third kappa shape index (κ3) is 5.52. The highest BCUT2D eigenvalue weighted by Gasteiger charge is 2.17. The van der Waals surface area contributed by atoms with E-state index in [1.165, 1.54) is 5.56 Å². The van der Waals surface area contributed by atoms with Crippen LogP contribution in [0.3, 0.4) is 0 Å². The number of tetrazole rings is 1. The van der Waals surface area contributed by atoms with Crippen molar-refractivity contribution < 1.29 is 9.59 Å². The maximum Gasteiger partial charge on any atom is 0.272 e. The van der Waals surface area contributed by atoms with Crippen LogP contribution in [0.4, 0.5) is 11.4 Å². The van der Waals surface area contributed by atoms with E-state index in [-0.39, 0.29) is 17.7 Å². The molecule has 5 rings (SSSR count). The Balaban J connectivity index is 1.34. The molecule has 0 radical (unpaired) electrons. The van der Waals surface area contributed by atoms with Gasteiger partial charge in [-0.05, 0) is 57.3 Å². The van der Waals surface area contributed by atoms with Gasteiger partial charge in [0.25, 0.3) is 5.91 Å². The van der Waals surface area contributed by atoms with Crippen LogP contribution in [0.25, 0.3) is 22.3 Å². The molecular weight excluding hydrogens is 492 g/mol. The van der Waals surface area contributed by atoms with E-state index in [0.29, 0.717) is 39.5 Å². The monoisotopic (exact) mass is 518 g/mol. The van der Waals surface area contributed by atoms with Gasteiger partial charge in [0.1, 0.15) is 5.69 Å². The molecule has 10 nitrogen and oxygen atoms in total. The van der Waals surface area contributed by atoms with Crippen molar-refractivity contribution in [2.75, 3.05) is 10.6 Å². The molecule has 0 saturated heterocycles. The van der Waals surface area contributed by atoms with Crippen LogP contribution < -0.4 is 10.6 Å². The third-order valence-electron chi connectivity index (χ3n) is 6.36. The number of fused-ring (bicyclic) bond motifs is 1. The molecule has 0 bridgehead atoms. The minimum Gasteiger partial charge on any atom is -0.349 e. The Morgan fingerprint density at radius 3 is 2.46 bits per heavy atom. The Hall–Kier alpha value is -5.30. The molecule has 39 heavy (non-hydrogen) atoms. The number of aromatic nitrogens is 5. The first-order valence-electron chi connectivity index (χ1n) is 12.3. The molecular formula is C29H26N8O2. The summed E-state index contributed by atoms with van der Waals surface area (Å²) in [6.07, 6.45) is 0.229. The second-order valence-corrected chi connectivity index (χ2v) is 10.2. The van der Waals surface area contributed by atoms with E-state index < -0.39 is 5.91 Å². The Morgan fingerprint density at radius 2 is 1.77 bits per heavy atom. The minimum absolute atomic E-state index is 0.0445. The molecule has 0 atom stereocenters. The van der Waals surface area contributed by atoms with Gasteiger partial charge in [0, 0.05) is 10.9 Å². The zero-order valence-electron chi connectivity index (χ0n) is 21.7. The topological polar surface area (TPSA) is 152 Å². The van der Waals surface area contributed by atoms with Crippen molar-refractivity contribution in [2.45, 2.75) is 32.6 Å². The number of aromatic amines is 2. The van der Waals surface area contributed by atoms with E-state index in [2.05, 4.69) is 75.2 Å². The van der Waals surface area contributed by atoms with E-state index in [0.717, 1.165) is 10.9 Å². The average Bonchev–Trinajstić information content (AvgIpc) is 3.60. The van der Waals surface area contributed by atoms with Crippen molar-refractivity contribution in [3.8, 4) is 17.5 Å². The highest BCUT2D eigenvalue weighted by Crippen LogP contribution is 2.28. The van der Waals surface area contributed by atoms with Gasteiger partial charge in [-0.25, -0.2) is 5.10 Å². The number of para-hydroxylation sites is 1. The number of hydrogen-bond donors (Lipinski definition) is 4. The Morgan fingerprint density at radius 1 is 0.974 bits per heavy atom. The van der Waals surface area contributed by atoms with Crippen molar-refractivity contribution in [2.24, 2.45) is 0 Å². The second kappa shape index (κ2) is 10.2. The van der Waals surface area contributed by atoms with Crippen molar-refractivity contribution in [1.82, 2.24) is 25.6 Å². The summed E-state index contributed by atoms with van der Waals surface area (Å²) in [6.45, 7) is 6.45. The van der Waals surface area contributed by atoms with Crippen LogP contribution in [0.1, 0.15) is 48.0 Å². The lowest BCUT2D eigenvalue weighted by Crippen LogP contribution is -2.15. The van der Waals surface area contributed by atoms with Crippen LogP contribution in [0.2, 0.25) is 0 Å². The molecule has 0 aliphatic rings. The zero-order valence-corrected chi connectivity index (χ0v) is 21.7. The summed E-state index contributed by atoms with van der Waals surface area (Å²) in [5, 5.41) is 29.6. The number of carbonyl (C=O) groups excluding carboxylic acids is 2. The Bertz CT molecular complexity index is 1710. The van der Waals surface area contributed by atoms with Crippen LogP contribution in [-0.4, -0.2) is 37.4 Å². The van der Waals surface area contributed by atoms with Crippen LogP contribution in [0, 0.1) is 11.3 Å². The summed E-state index contributed by atoms with van der Waals surface area (Å²) >= 11 is 0. The van der Waals surface area contributed by atoms with Crippen molar-refractivity contribution >= 4 is 34.1 Å². The quantitative estimate of drug-likeness (QED) is 0.250. The number of rotatable bonds is 6. The number of carbonyl (C=O) groups is 2. The lowest BCUT2D eigenvalue weighted by Gasteiger charge is -2.19. The number of nitrogens with zero attached hydrogens (tertiary/aromatic N) is 4. The first-order valence-corrected chi connectivity index (χ1v) is 12.3. The smallest absolute Gasteiger partial charge is 0.272 e. The molecule has 0 aliphatic heterocycles. The predicted octanol–water partition coefficient (Wildman–Crippen LogP) is 4.95. The second-order valence-electron chi connectivity index (χ2n) is 10.2. The number of amides is 2. The summed E-state index contributed by atoms with van der Waals surface area (Å²) in [7, 11) is 0. The summed E-state index contributed by atoms with van der Waals surface area (Å²) in [4.78, 5) is 29.1.